The fourth-order valence-electron chi connectivity index (χ4n) is 2.12. The molecule has 120 valence electrons. The van der Waals surface area contributed by atoms with Crippen molar-refractivity contribution >= 4 is 11.3 Å². The Bertz CT molecular complexity index is 548. The van der Waals surface area contributed by atoms with Gasteiger partial charge >= 0.3 is 0 Å². The van der Waals surface area contributed by atoms with E-state index in [9.17, 15) is 0 Å². The van der Waals surface area contributed by atoms with E-state index < -0.39 is 0 Å². The summed E-state index contributed by atoms with van der Waals surface area (Å²) in [6, 6.07) is 8.55. The number of hydrogen-bond acceptors (Lipinski definition) is 4. The molecule has 1 heterocycles. The lowest BCUT2D eigenvalue weighted by atomic mass is 10.1. The Balaban J connectivity index is 1.68. The summed E-state index contributed by atoms with van der Waals surface area (Å²) in [5.41, 5.74) is 3.57. The molecular formula is C18H26N2OS. The summed E-state index contributed by atoms with van der Waals surface area (Å²) in [5.74, 6) is 0. The van der Waals surface area contributed by atoms with Crippen LogP contribution in [0.3, 0.4) is 0 Å². The van der Waals surface area contributed by atoms with Gasteiger partial charge in [-0.2, -0.15) is 0 Å². The first-order valence-electron chi connectivity index (χ1n) is 7.99. The first kappa shape index (κ1) is 17.1. The van der Waals surface area contributed by atoms with Crippen molar-refractivity contribution in [1.82, 2.24) is 10.3 Å². The van der Waals surface area contributed by atoms with Crippen molar-refractivity contribution in [3.05, 3.63) is 40.2 Å². The van der Waals surface area contributed by atoms with Crippen LogP contribution in [0.15, 0.2) is 29.6 Å². The van der Waals surface area contributed by atoms with Crippen LogP contribution in [0.1, 0.15) is 30.8 Å². The first-order chi connectivity index (χ1) is 10.6. The van der Waals surface area contributed by atoms with Gasteiger partial charge in [-0.3, -0.25) is 0 Å². The average Bonchev–Trinajstić information content (AvgIpc) is 2.95. The van der Waals surface area contributed by atoms with Gasteiger partial charge in [-0.25, -0.2) is 4.98 Å². The number of benzene rings is 1. The number of nitrogens with zero attached hydrogens (tertiary/aromatic N) is 1. The van der Waals surface area contributed by atoms with Crippen molar-refractivity contribution in [3.63, 3.8) is 0 Å². The number of rotatable bonds is 9. The van der Waals surface area contributed by atoms with E-state index in [0.29, 0.717) is 6.10 Å². The summed E-state index contributed by atoms with van der Waals surface area (Å²) in [4.78, 5) is 4.72. The van der Waals surface area contributed by atoms with Crippen molar-refractivity contribution in [2.45, 2.75) is 39.7 Å². The van der Waals surface area contributed by atoms with Crippen LogP contribution in [0.5, 0.6) is 0 Å². The van der Waals surface area contributed by atoms with Gasteiger partial charge in [0.15, 0.2) is 0 Å². The summed E-state index contributed by atoms with van der Waals surface area (Å²) < 4.78 is 5.52. The van der Waals surface area contributed by atoms with Gasteiger partial charge in [0, 0.05) is 30.5 Å². The maximum atomic E-state index is 5.52. The second-order valence-corrected chi connectivity index (χ2v) is 6.71. The van der Waals surface area contributed by atoms with Crippen LogP contribution in [0.4, 0.5) is 0 Å². The molecule has 0 radical (unpaired) electrons. The second-order valence-electron chi connectivity index (χ2n) is 5.77. The zero-order chi connectivity index (χ0) is 15.8. The van der Waals surface area contributed by atoms with Crippen LogP contribution in [0, 0.1) is 6.92 Å². The number of nitrogens with one attached hydrogen (secondary N) is 1. The normalized spacial score (nSPS) is 11.3. The number of ether oxygens (including phenoxy) is 1. The predicted molar refractivity (Wildman–Crippen MR) is 94.6 cm³/mol. The van der Waals surface area contributed by atoms with Gasteiger partial charge in [-0.1, -0.05) is 29.8 Å². The highest BCUT2D eigenvalue weighted by atomic mass is 32.1. The van der Waals surface area contributed by atoms with Crippen molar-refractivity contribution in [2.24, 2.45) is 0 Å². The third-order valence-electron chi connectivity index (χ3n) is 3.36. The predicted octanol–water partition coefficient (Wildman–Crippen LogP) is 4.07. The third kappa shape index (κ3) is 5.87. The lowest BCUT2D eigenvalue weighted by Crippen LogP contribution is -2.20. The lowest BCUT2D eigenvalue weighted by molar-refractivity contribution is 0.0771. The summed E-state index contributed by atoms with van der Waals surface area (Å²) in [6.45, 7) is 9.06. The Morgan fingerprint density at radius 1 is 1.18 bits per heavy atom. The van der Waals surface area contributed by atoms with Crippen LogP contribution in [0.25, 0.3) is 11.3 Å². The molecule has 0 aliphatic heterocycles. The highest BCUT2D eigenvalue weighted by Gasteiger charge is 2.04. The maximum absolute atomic E-state index is 5.52. The van der Waals surface area contributed by atoms with E-state index in [0.717, 1.165) is 38.2 Å². The average molecular weight is 318 g/mol. The molecular weight excluding hydrogens is 292 g/mol. The van der Waals surface area contributed by atoms with E-state index in [-0.39, 0.29) is 0 Å². The molecule has 1 aromatic heterocycles. The molecule has 0 atom stereocenters. The standard InChI is InChI=1S/C18H26N2OS/c1-14(2)21-12-4-10-19-11-9-18-20-17(13-22-18)16-7-5-15(3)6-8-16/h5-8,13-14,19H,4,9-12H2,1-3H3. The van der Waals surface area contributed by atoms with Gasteiger partial charge in [-0.05, 0) is 33.7 Å². The van der Waals surface area contributed by atoms with Crippen LogP contribution >= 0.6 is 11.3 Å². The van der Waals surface area contributed by atoms with Gasteiger partial charge in [-0.15, -0.1) is 11.3 Å². The van der Waals surface area contributed by atoms with Gasteiger partial charge < -0.3 is 10.1 Å². The Morgan fingerprint density at radius 2 is 1.95 bits per heavy atom. The van der Waals surface area contributed by atoms with Crippen molar-refractivity contribution in [1.29, 1.82) is 0 Å². The summed E-state index contributed by atoms with van der Waals surface area (Å²) in [7, 11) is 0. The van der Waals surface area contributed by atoms with Gasteiger partial charge in [0.1, 0.15) is 0 Å². The number of hydrogen-bond donors (Lipinski definition) is 1. The Labute approximate surface area is 137 Å². The van der Waals surface area contributed by atoms with E-state index in [1.165, 1.54) is 16.1 Å². The molecule has 22 heavy (non-hydrogen) atoms. The van der Waals surface area contributed by atoms with Crippen LogP contribution in [-0.4, -0.2) is 30.8 Å². The summed E-state index contributed by atoms with van der Waals surface area (Å²) in [6.07, 6.45) is 2.38. The molecule has 0 aliphatic carbocycles. The molecule has 3 nitrogen and oxygen atoms in total. The minimum atomic E-state index is 0.329. The quantitative estimate of drug-likeness (QED) is 0.708. The molecule has 0 spiro atoms. The smallest absolute Gasteiger partial charge is 0.0945 e. The summed E-state index contributed by atoms with van der Waals surface area (Å²) >= 11 is 1.74. The van der Waals surface area contributed by atoms with Crippen molar-refractivity contribution in [2.75, 3.05) is 19.7 Å². The highest BCUT2D eigenvalue weighted by molar-refractivity contribution is 7.09. The molecule has 0 aliphatic rings. The Morgan fingerprint density at radius 3 is 2.68 bits per heavy atom. The minimum Gasteiger partial charge on any atom is -0.379 e. The lowest BCUT2D eigenvalue weighted by Gasteiger charge is -2.07. The van der Waals surface area contributed by atoms with E-state index in [1.807, 2.05) is 0 Å². The van der Waals surface area contributed by atoms with Crippen molar-refractivity contribution < 1.29 is 4.74 Å². The molecule has 0 amide bonds. The molecule has 0 saturated carbocycles. The number of aromatic nitrogens is 1. The van der Waals surface area contributed by atoms with E-state index >= 15 is 0 Å². The zero-order valence-electron chi connectivity index (χ0n) is 13.8. The molecule has 2 rings (SSSR count). The molecule has 0 saturated heterocycles. The van der Waals surface area contributed by atoms with Crippen LogP contribution < -0.4 is 5.32 Å². The van der Waals surface area contributed by atoms with E-state index in [2.05, 4.69) is 55.7 Å². The minimum absolute atomic E-state index is 0.329. The monoisotopic (exact) mass is 318 g/mol. The SMILES string of the molecule is Cc1ccc(-c2csc(CCNCCCOC(C)C)n2)cc1. The molecule has 2 aromatic rings. The fourth-order valence-corrected chi connectivity index (χ4v) is 2.93. The number of thiazole rings is 1. The summed E-state index contributed by atoms with van der Waals surface area (Å²) in [5, 5.41) is 6.80. The van der Waals surface area contributed by atoms with Gasteiger partial charge in [0.25, 0.3) is 0 Å². The highest BCUT2D eigenvalue weighted by Crippen LogP contribution is 2.22. The van der Waals surface area contributed by atoms with E-state index in [1.54, 1.807) is 11.3 Å². The fraction of sp³-hybridized carbons (Fsp3) is 0.500. The third-order valence-corrected chi connectivity index (χ3v) is 4.27. The second kappa shape index (κ2) is 9.03. The van der Waals surface area contributed by atoms with Crippen molar-refractivity contribution in [3.8, 4) is 11.3 Å². The van der Waals surface area contributed by atoms with E-state index in [4.69, 9.17) is 9.72 Å². The van der Waals surface area contributed by atoms with Crippen LogP contribution in [-0.2, 0) is 11.2 Å². The topological polar surface area (TPSA) is 34.1 Å². The zero-order valence-corrected chi connectivity index (χ0v) is 14.6. The molecule has 4 heteroatoms. The van der Waals surface area contributed by atoms with Crippen LogP contribution in [0.2, 0.25) is 0 Å². The molecule has 0 bridgehead atoms. The van der Waals surface area contributed by atoms with Gasteiger partial charge in [0.2, 0.25) is 0 Å². The largest absolute Gasteiger partial charge is 0.379 e. The van der Waals surface area contributed by atoms with Gasteiger partial charge in [0.05, 0.1) is 16.8 Å². The number of aryl methyl sites for hydroxylation is 1. The molecule has 1 N–H and O–H groups in total. The Hall–Kier alpha value is -1.23. The Kier molecular flexibility index (Phi) is 7.03. The molecule has 0 fully saturated rings. The molecule has 1 aromatic carbocycles. The molecule has 0 unspecified atom stereocenters. The maximum Gasteiger partial charge on any atom is 0.0945 e. The first-order valence-corrected chi connectivity index (χ1v) is 8.87.